The zero-order chi connectivity index (χ0) is 15.9. The number of benzene rings is 1. The number of carbonyl (C=O) groups excluding carboxylic acids is 1. The molecule has 1 amide bonds. The van der Waals surface area contributed by atoms with Gasteiger partial charge in [-0.15, -0.1) is 0 Å². The van der Waals surface area contributed by atoms with Gasteiger partial charge in [0.1, 0.15) is 0 Å². The van der Waals surface area contributed by atoms with Crippen molar-refractivity contribution in [3.63, 3.8) is 0 Å². The monoisotopic (exact) mass is 321 g/mol. The third-order valence-electron chi connectivity index (χ3n) is 3.38. The van der Waals surface area contributed by atoms with Crippen molar-refractivity contribution >= 4 is 17.5 Å². The highest BCUT2D eigenvalue weighted by atomic mass is 35.5. The van der Waals surface area contributed by atoms with Crippen LogP contribution in [0.1, 0.15) is 36.7 Å². The fourth-order valence-corrected chi connectivity index (χ4v) is 2.31. The Labute approximate surface area is 134 Å². The van der Waals surface area contributed by atoms with E-state index in [1.807, 2.05) is 12.1 Å². The van der Waals surface area contributed by atoms with Crippen molar-refractivity contribution < 1.29 is 9.32 Å². The number of rotatable bonds is 7. The molecule has 0 saturated carbocycles. The number of carbonyl (C=O) groups is 1. The van der Waals surface area contributed by atoms with Crippen LogP contribution in [0.4, 0.5) is 0 Å². The Morgan fingerprint density at radius 1 is 1.45 bits per heavy atom. The summed E-state index contributed by atoms with van der Waals surface area (Å²) in [5, 5.41) is 7.30. The number of unbranched alkanes of at least 4 members (excludes halogenated alkanes) is 1. The Morgan fingerprint density at radius 2 is 2.27 bits per heavy atom. The van der Waals surface area contributed by atoms with Crippen LogP contribution in [0.15, 0.2) is 34.9 Å². The van der Waals surface area contributed by atoms with E-state index in [2.05, 4.69) is 17.4 Å². The largest absolute Gasteiger partial charge is 0.355 e. The molecule has 2 rings (SSSR count). The number of halogens is 1. The van der Waals surface area contributed by atoms with Gasteiger partial charge in [-0.3, -0.25) is 4.79 Å². The molecule has 3 N–H and O–H groups in total. The Hall–Kier alpha value is -1.85. The zero-order valence-electron chi connectivity index (χ0n) is 12.5. The van der Waals surface area contributed by atoms with Crippen molar-refractivity contribution in [2.75, 3.05) is 6.54 Å². The summed E-state index contributed by atoms with van der Waals surface area (Å²) in [7, 11) is 0. The van der Waals surface area contributed by atoms with Crippen molar-refractivity contribution in [3.05, 3.63) is 41.0 Å². The lowest BCUT2D eigenvalue weighted by atomic mass is 10.1. The number of hydrogen-bond acceptors (Lipinski definition) is 4. The number of aromatic nitrogens is 1. The van der Waals surface area contributed by atoms with E-state index in [4.69, 9.17) is 21.9 Å². The van der Waals surface area contributed by atoms with Crippen molar-refractivity contribution in [2.45, 2.75) is 32.2 Å². The standard InChI is InChI=1S/C16H20ClN3O2/c1-2-3-7-13(10-18)19-16(21)14-9-15(22-20-14)11-5-4-6-12(17)8-11/h4-6,8-9,13H,2-3,7,10,18H2,1H3,(H,19,21). The van der Waals surface area contributed by atoms with Gasteiger partial charge in [0.15, 0.2) is 11.5 Å². The minimum atomic E-state index is -0.274. The Bertz CT molecular complexity index is 627. The van der Waals surface area contributed by atoms with Gasteiger partial charge in [-0.05, 0) is 18.6 Å². The molecular formula is C16H20ClN3O2. The summed E-state index contributed by atoms with van der Waals surface area (Å²) in [5.41, 5.74) is 6.70. The average Bonchev–Trinajstić information content (AvgIpc) is 3.01. The van der Waals surface area contributed by atoms with E-state index in [0.29, 0.717) is 17.3 Å². The van der Waals surface area contributed by atoms with Gasteiger partial charge in [-0.1, -0.05) is 48.7 Å². The van der Waals surface area contributed by atoms with E-state index in [1.165, 1.54) is 0 Å². The third-order valence-corrected chi connectivity index (χ3v) is 3.61. The van der Waals surface area contributed by atoms with Crippen molar-refractivity contribution in [1.82, 2.24) is 10.5 Å². The van der Waals surface area contributed by atoms with E-state index in [-0.39, 0.29) is 17.6 Å². The highest BCUT2D eigenvalue weighted by Gasteiger charge is 2.17. The molecule has 0 spiro atoms. The molecule has 0 aliphatic rings. The molecule has 5 nitrogen and oxygen atoms in total. The summed E-state index contributed by atoms with van der Waals surface area (Å²) >= 11 is 5.94. The van der Waals surface area contributed by atoms with Gasteiger partial charge >= 0.3 is 0 Å². The summed E-state index contributed by atoms with van der Waals surface area (Å²) in [6.45, 7) is 2.51. The van der Waals surface area contributed by atoms with Gasteiger partial charge in [0.2, 0.25) is 0 Å². The molecule has 0 fully saturated rings. The predicted molar refractivity (Wildman–Crippen MR) is 86.8 cm³/mol. The molecule has 2 aromatic rings. The molecule has 0 aliphatic carbocycles. The second-order valence-corrected chi connectivity index (χ2v) is 5.57. The highest BCUT2D eigenvalue weighted by Crippen LogP contribution is 2.23. The second-order valence-electron chi connectivity index (χ2n) is 5.14. The maximum atomic E-state index is 12.2. The van der Waals surface area contributed by atoms with Gasteiger partial charge in [0.25, 0.3) is 5.91 Å². The molecule has 6 heteroatoms. The normalized spacial score (nSPS) is 12.1. The van der Waals surface area contributed by atoms with E-state index in [1.54, 1.807) is 18.2 Å². The number of hydrogen-bond donors (Lipinski definition) is 2. The summed E-state index contributed by atoms with van der Waals surface area (Å²) in [6, 6.07) is 8.75. The lowest BCUT2D eigenvalue weighted by Gasteiger charge is -2.15. The van der Waals surface area contributed by atoms with E-state index < -0.39 is 0 Å². The molecular weight excluding hydrogens is 302 g/mol. The third kappa shape index (κ3) is 4.32. The lowest BCUT2D eigenvalue weighted by Crippen LogP contribution is -2.40. The Morgan fingerprint density at radius 3 is 2.95 bits per heavy atom. The van der Waals surface area contributed by atoms with Crippen molar-refractivity contribution in [2.24, 2.45) is 5.73 Å². The molecule has 1 heterocycles. The highest BCUT2D eigenvalue weighted by molar-refractivity contribution is 6.30. The number of nitrogens with two attached hydrogens (primary N) is 1. The maximum absolute atomic E-state index is 12.2. The molecule has 118 valence electrons. The number of nitrogens with zero attached hydrogens (tertiary/aromatic N) is 1. The van der Waals surface area contributed by atoms with Crippen LogP contribution in [0.5, 0.6) is 0 Å². The van der Waals surface area contributed by atoms with E-state index in [0.717, 1.165) is 24.8 Å². The molecule has 22 heavy (non-hydrogen) atoms. The van der Waals surface area contributed by atoms with E-state index in [9.17, 15) is 4.79 Å². The summed E-state index contributed by atoms with van der Waals surface area (Å²) in [5.74, 6) is 0.231. The Balaban J connectivity index is 2.05. The quantitative estimate of drug-likeness (QED) is 0.820. The van der Waals surface area contributed by atoms with Gasteiger partial charge < -0.3 is 15.6 Å². The minimum Gasteiger partial charge on any atom is -0.355 e. The predicted octanol–water partition coefficient (Wildman–Crippen LogP) is 3.24. The molecule has 0 bridgehead atoms. The van der Waals surface area contributed by atoms with Gasteiger partial charge in [-0.2, -0.15) is 0 Å². The second kappa shape index (κ2) is 7.96. The smallest absolute Gasteiger partial charge is 0.273 e. The number of amides is 1. The van der Waals surface area contributed by atoms with Crippen molar-refractivity contribution in [3.8, 4) is 11.3 Å². The fourth-order valence-electron chi connectivity index (χ4n) is 2.12. The average molecular weight is 322 g/mol. The van der Waals surface area contributed by atoms with Crippen LogP contribution in [0, 0.1) is 0 Å². The van der Waals surface area contributed by atoms with Crippen LogP contribution in [0.25, 0.3) is 11.3 Å². The fraction of sp³-hybridized carbons (Fsp3) is 0.375. The number of nitrogens with one attached hydrogen (secondary N) is 1. The molecule has 1 aromatic carbocycles. The molecule has 1 unspecified atom stereocenters. The van der Waals surface area contributed by atoms with Crippen LogP contribution in [-0.2, 0) is 0 Å². The first-order chi connectivity index (χ1) is 10.6. The summed E-state index contributed by atoms with van der Waals surface area (Å²) in [6.07, 6.45) is 2.95. The first-order valence-corrected chi connectivity index (χ1v) is 7.75. The molecule has 0 aliphatic heterocycles. The van der Waals surface area contributed by atoms with Crippen LogP contribution in [-0.4, -0.2) is 23.7 Å². The topological polar surface area (TPSA) is 81.1 Å². The zero-order valence-corrected chi connectivity index (χ0v) is 13.3. The van der Waals surface area contributed by atoms with Crippen LogP contribution in [0.2, 0.25) is 5.02 Å². The van der Waals surface area contributed by atoms with Gasteiger partial charge in [0.05, 0.1) is 0 Å². The summed E-state index contributed by atoms with van der Waals surface area (Å²) in [4.78, 5) is 12.2. The Kier molecular flexibility index (Phi) is 5.98. The van der Waals surface area contributed by atoms with Crippen LogP contribution >= 0.6 is 11.6 Å². The maximum Gasteiger partial charge on any atom is 0.273 e. The van der Waals surface area contributed by atoms with Crippen LogP contribution < -0.4 is 11.1 Å². The minimum absolute atomic E-state index is 0.0428. The molecule has 0 saturated heterocycles. The lowest BCUT2D eigenvalue weighted by molar-refractivity contribution is 0.0926. The SMILES string of the molecule is CCCCC(CN)NC(=O)c1cc(-c2cccc(Cl)c2)on1. The van der Waals surface area contributed by atoms with E-state index >= 15 is 0 Å². The first-order valence-electron chi connectivity index (χ1n) is 7.37. The van der Waals surface area contributed by atoms with Crippen molar-refractivity contribution in [1.29, 1.82) is 0 Å². The molecule has 1 aromatic heterocycles. The summed E-state index contributed by atoms with van der Waals surface area (Å²) < 4.78 is 5.22. The van der Waals surface area contributed by atoms with Gasteiger partial charge in [0, 0.05) is 29.2 Å². The molecule has 0 radical (unpaired) electrons. The van der Waals surface area contributed by atoms with Crippen LogP contribution in [0.3, 0.4) is 0 Å². The first kappa shape index (κ1) is 16.5. The van der Waals surface area contributed by atoms with Gasteiger partial charge in [-0.25, -0.2) is 0 Å². The molecule has 1 atom stereocenters.